The maximum absolute atomic E-state index is 12.7. The third-order valence-corrected chi connectivity index (χ3v) is 4.01. The lowest BCUT2D eigenvalue weighted by atomic mass is 9.85. The third-order valence-electron chi connectivity index (χ3n) is 4.01. The number of benzene rings is 2. The summed E-state index contributed by atoms with van der Waals surface area (Å²) in [5.41, 5.74) is 1.02. The monoisotopic (exact) mass is 324 g/mol. The van der Waals surface area contributed by atoms with Gasteiger partial charge in [0.05, 0.1) is 14.2 Å². The Hall–Kier alpha value is -2.92. The number of rotatable bonds is 4. The predicted molar refractivity (Wildman–Crippen MR) is 87.7 cm³/mol. The zero-order valence-corrected chi connectivity index (χ0v) is 13.3. The van der Waals surface area contributed by atoms with Gasteiger partial charge in [0, 0.05) is 22.3 Å². The molecule has 0 aromatic heterocycles. The fourth-order valence-corrected chi connectivity index (χ4v) is 2.83. The Morgan fingerprint density at radius 1 is 0.917 bits per heavy atom. The highest BCUT2D eigenvalue weighted by Crippen LogP contribution is 2.39. The molecule has 0 spiro atoms. The Morgan fingerprint density at radius 2 is 1.62 bits per heavy atom. The average molecular weight is 324 g/mol. The lowest BCUT2D eigenvalue weighted by Crippen LogP contribution is -2.21. The number of carbonyl (C=O) groups is 2. The van der Waals surface area contributed by atoms with Crippen molar-refractivity contribution in [3.05, 3.63) is 70.8 Å². The van der Waals surface area contributed by atoms with Crippen LogP contribution in [0.15, 0.2) is 54.1 Å². The van der Waals surface area contributed by atoms with Crippen LogP contribution in [0.25, 0.3) is 0 Å². The van der Waals surface area contributed by atoms with E-state index < -0.39 is 6.10 Å². The fourth-order valence-electron chi connectivity index (χ4n) is 2.83. The van der Waals surface area contributed by atoms with Crippen molar-refractivity contribution in [1.82, 2.24) is 0 Å². The first-order valence-electron chi connectivity index (χ1n) is 7.37. The van der Waals surface area contributed by atoms with Crippen LogP contribution in [0.4, 0.5) is 0 Å². The standard InChI is InChI=1S/C19H16O5/c1-23-16-9-5-8-13(19(16)24-2)18(22)14-10-15(20)11-6-3-4-7-12(11)17(14)21/h3-10,18,22H,1-2H3/t18-/m1/s1. The van der Waals surface area contributed by atoms with Gasteiger partial charge in [-0.1, -0.05) is 36.4 Å². The first kappa shape index (κ1) is 16.0. The largest absolute Gasteiger partial charge is 0.493 e. The van der Waals surface area contributed by atoms with Crippen molar-refractivity contribution < 1.29 is 24.2 Å². The van der Waals surface area contributed by atoms with Gasteiger partial charge in [-0.05, 0) is 12.1 Å². The fraction of sp³-hybridized carbons (Fsp3) is 0.158. The highest BCUT2D eigenvalue weighted by atomic mass is 16.5. The molecule has 1 atom stereocenters. The first-order chi connectivity index (χ1) is 11.6. The van der Waals surface area contributed by atoms with Gasteiger partial charge >= 0.3 is 0 Å². The molecule has 0 bridgehead atoms. The molecule has 0 saturated heterocycles. The number of allylic oxidation sites excluding steroid dienone is 1. The van der Waals surface area contributed by atoms with Crippen LogP contribution in [0.1, 0.15) is 32.4 Å². The van der Waals surface area contributed by atoms with Crippen molar-refractivity contribution in [3.63, 3.8) is 0 Å². The Morgan fingerprint density at radius 3 is 2.29 bits per heavy atom. The van der Waals surface area contributed by atoms with E-state index in [1.165, 1.54) is 20.3 Å². The number of ether oxygens (including phenoxy) is 2. The Labute approximate surface area is 139 Å². The molecule has 2 aromatic carbocycles. The van der Waals surface area contributed by atoms with Gasteiger partial charge in [-0.2, -0.15) is 0 Å². The number of aliphatic hydroxyl groups is 1. The molecular formula is C19H16O5. The van der Waals surface area contributed by atoms with E-state index in [1.807, 2.05) is 0 Å². The second kappa shape index (κ2) is 6.29. The molecule has 5 heteroatoms. The van der Waals surface area contributed by atoms with E-state index in [0.717, 1.165) is 0 Å². The van der Waals surface area contributed by atoms with Gasteiger partial charge < -0.3 is 14.6 Å². The topological polar surface area (TPSA) is 72.8 Å². The lowest BCUT2D eigenvalue weighted by Gasteiger charge is -2.21. The van der Waals surface area contributed by atoms with Crippen LogP contribution in [0.2, 0.25) is 0 Å². The summed E-state index contributed by atoms with van der Waals surface area (Å²) in [6.45, 7) is 0. The molecule has 0 radical (unpaired) electrons. The summed E-state index contributed by atoms with van der Waals surface area (Å²) in [7, 11) is 2.93. The van der Waals surface area contributed by atoms with Crippen molar-refractivity contribution in [2.45, 2.75) is 6.10 Å². The summed E-state index contributed by atoms with van der Waals surface area (Å²) in [4.78, 5) is 24.9. The zero-order chi connectivity index (χ0) is 17.3. The van der Waals surface area contributed by atoms with E-state index in [1.54, 1.807) is 42.5 Å². The third kappa shape index (κ3) is 2.49. The molecule has 0 unspecified atom stereocenters. The molecule has 0 fully saturated rings. The maximum atomic E-state index is 12.7. The van der Waals surface area contributed by atoms with Crippen LogP contribution in [0, 0.1) is 0 Å². The molecule has 1 N–H and O–H groups in total. The number of hydrogen-bond acceptors (Lipinski definition) is 5. The molecule has 0 aliphatic heterocycles. The van der Waals surface area contributed by atoms with Gasteiger partial charge in [0.25, 0.3) is 0 Å². The first-order valence-corrected chi connectivity index (χ1v) is 7.37. The van der Waals surface area contributed by atoms with Crippen LogP contribution < -0.4 is 9.47 Å². The number of fused-ring (bicyclic) bond motifs is 1. The van der Waals surface area contributed by atoms with E-state index in [4.69, 9.17) is 9.47 Å². The minimum atomic E-state index is -1.29. The molecule has 122 valence electrons. The zero-order valence-electron chi connectivity index (χ0n) is 13.3. The average Bonchev–Trinajstić information content (AvgIpc) is 2.63. The normalized spacial score (nSPS) is 14.7. The summed E-state index contributed by atoms with van der Waals surface area (Å²) < 4.78 is 10.5. The van der Waals surface area contributed by atoms with Crippen molar-refractivity contribution in [3.8, 4) is 11.5 Å². The van der Waals surface area contributed by atoms with Crippen LogP contribution in [-0.4, -0.2) is 30.9 Å². The van der Waals surface area contributed by atoms with Gasteiger partial charge in [0.15, 0.2) is 23.1 Å². The molecule has 1 aliphatic rings. The number of Topliss-reactive ketones (excluding diaryl/α,β-unsaturated/α-hetero) is 1. The van der Waals surface area contributed by atoms with E-state index in [9.17, 15) is 14.7 Å². The summed E-state index contributed by atoms with van der Waals surface area (Å²) in [6, 6.07) is 11.6. The highest BCUT2D eigenvalue weighted by molar-refractivity contribution is 6.24. The van der Waals surface area contributed by atoms with Crippen LogP contribution >= 0.6 is 0 Å². The lowest BCUT2D eigenvalue weighted by molar-refractivity contribution is 0.0945. The second-order valence-corrected chi connectivity index (χ2v) is 5.32. The Balaban J connectivity index is 2.08. The van der Waals surface area contributed by atoms with E-state index >= 15 is 0 Å². The Bertz CT molecular complexity index is 851. The minimum absolute atomic E-state index is 0.0188. The number of methoxy groups -OCH3 is 2. The minimum Gasteiger partial charge on any atom is -0.493 e. The highest BCUT2D eigenvalue weighted by Gasteiger charge is 2.31. The number of carbonyl (C=O) groups excluding carboxylic acids is 2. The van der Waals surface area contributed by atoms with Crippen LogP contribution in [-0.2, 0) is 0 Å². The van der Waals surface area contributed by atoms with Gasteiger partial charge in [-0.15, -0.1) is 0 Å². The molecule has 1 aliphatic carbocycles. The number of aliphatic hydroxyl groups excluding tert-OH is 1. The molecule has 3 rings (SSSR count). The van der Waals surface area contributed by atoms with Crippen LogP contribution in [0.3, 0.4) is 0 Å². The molecule has 5 nitrogen and oxygen atoms in total. The van der Waals surface area contributed by atoms with Crippen molar-refractivity contribution in [1.29, 1.82) is 0 Å². The van der Waals surface area contributed by atoms with E-state index in [0.29, 0.717) is 28.2 Å². The predicted octanol–water partition coefficient (Wildman–Crippen LogP) is 2.74. The molecule has 24 heavy (non-hydrogen) atoms. The van der Waals surface area contributed by atoms with Gasteiger partial charge in [0.1, 0.15) is 6.10 Å². The van der Waals surface area contributed by atoms with Gasteiger partial charge in [0.2, 0.25) is 0 Å². The van der Waals surface area contributed by atoms with Crippen molar-refractivity contribution in [2.24, 2.45) is 0 Å². The summed E-state index contributed by atoms with van der Waals surface area (Å²) in [5.74, 6) is 0.0841. The molecular weight excluding hydrogens is 308 g/mol. The summed E-state index contributed by atoms with van der Waals surface area (Å²) in [6.07, 6.45) is -0.103. The SMILES string of the molecule is COc1cccc([C@@H](O)C2=CC(=O)c3ccccc3C2=O)c1OC. The van der Waals surface area contributed by atoms with E-state index in [2.05, 4.69) is 0 Å². The Kier molecular flexibility index (Phi) is 4.18. The van der Waals surface area contributed by atoms with E-state index in [-0.39, 0.29) is 17.1 Å². The number of ketones is 2. The van der Waals surface area contributed by atoms with Gasteiger partial charge in [-0.25, -0.2) is 0 Å². The number of hydrogen-bond donors (Lipinski definition) is 1. The smallest absolute Gasteiger partial charge is 0.192 e. The van der Waals surface area contributed by atoms with Crippen molar-refractivity contribution >= 4 is 11.6 Å². The van der Waals surface area contributed by atoms with Crippen LogP contribution in [0.5, 0.6) is 11.5 Å². The van der Waals surface area contributed by atoms with Gasteiger partial charge in [-0.3, -0.25) is 9.59 Å². The quantitative estimate of drug-likeness (QED) is 0.936. The summed E-state index contributed by atoms with van der Waals surface area (Å²) in [5, 5.41) is 10.7. The molecule has 0 heterocycles. The molecule has 0 amide bonds. The summed E-state index contributed by atoms with van der Waals surface area (Å²) >= 11 is 0. The molecule has 0 saturated carbocycles. The maximum Gasteiger partial charge on any atom is 0.192 e. The second-order valence-electron chi connectivity index (χ2n) is 5.32. The van der Waals surface area contributed by atoms with Crippen molar-refractivity contribution in [2.75, 3.05) is 14.2 Å². The molecule has 2 aromatic rings. The number of para-hydroxylation sites is 1.